The zero-order valence-corrected chi connectivity index (χ0v) is 16.5. The molecular weight excluding hydrogens is 378 g/mol. The Morgan fingerprint density at radius 1 is 1.14 bits per heavy atom. The summed E-state index contributed by atoms with van der Waals surface area (Å²) in [7, 11) is 1.47. The number of likely N-dealkylation sites (N-methyl/N-ethyl adjacent to an activating group) is 1. The van der Waals surface area contributed by atoms with E-state index in [1.165, 1.54) is 13.2 Å². The van der Waals surface area contributed by atoms with E-state index in [1.807, 2.05) is 6.92 Å². The molecule has 0 saturated carbocycles. The number of ether oxygens (including phenoxy) is 2. The minimum absolute atomic E-state index is 0.00357. The quantitative estimate of drug-likeness (QED) is 0.492. The van der Waals surface area contributed by atoms with Gasteiger partial charge in [0.2, 0.25) is 0 Å². The second-order valence-electron chi connectivity index (χ2n) is 6.14. The molecule has 0 aliphatic carbocycles. The van der Waals surface area contributed by atoms with Gasteiger partial charge in [0.25, 0.3) is 17.5 Å². The van der Waals surface area contributed by atoms with E-state index >= 15 is 0 Å². The first-order valence-electron chi connectivity index (χ1n) is 8.96. The summed E-state index contributed by atoms with van der Waals surface area (Å²) in [5, 5.41) is 16.6. The van der Waals surface area contributed by atoms with Gasteiger partial charge < -0.3 is 20.1 Å². The van der Waals surface area contributed by atoms with Crippen molar-refractivity contribution in [3.05, 3.63) is 63.2 Å². The van der Waals surface area contributed by atoms with Gasteiger partial charge >= 0.3 is 0 Å². The Bertz CT molecular complexity index is 913. The molecule has 0 fully saturated rings. The Morgan fingerprint density at radius 3 is 2.55 bits per heavy atom. The Hall–Kier alpha value is -3.62. The summed E-state index contributed by atoms with van der Waals surface area (Å²) in [5.41, 5.74) is 0.911. The second-order valence-corrected chi connectivity index (χ2v) is 6.14. The fraction of sp³-hybridized carbons (Fsp3) is 0.300. The number of para-hydroxylation sites is 1. The van der Waals surface area contributed by atoms with Crippen molar-refractivity contribution in [3.8, 4) is 11.5 Å². The minimum Gasteiger partial charge on any atom is -0.493 e. The highest BCUT2D eigenvalue weighted by atomic mass is 16.6. The number of carbonyl (C=O) groups is 2. The SMILES string of the molecule is CCNC(=O)COc1ccc(CNC(=O)c2cccc(C)c2[N+](=O)[O-])cc1OC. The summed E-state index contributed by atoms with van der Waals surface area (Å²) in [6.45, 7) is 3.90. The molecule has 0 radical (unpaired) electrons. The van der Waals surface area contributed by atoms with Gasteiger partial charge in [0.05, 0.1) is 12.0 Å². The molecule has 0 bridgehead atoms. The fourth-order valence-corrected chi connectivity index (χ4v) is 2.69. The number of nitrogens with zero attached hydrogens (tertiary/aromatic N) is 1. The molecule has 2 aromatic rings. The van der Waals surface area contributed by atoms with Crippen LogP contribution in [0.4, 0.5) is 5.69 Å². The normalized spacial score (nSPS) is 10.2. The molecule has 0 spiro atoms. The lowest BCUT2D eigenvalue weighted by molar-refractivity contribution is -0.385. The number of amides is 2. The van der Waals surface area contributed by atoms with E-state index in [4.69, 9.17) is 9.47 Å². The van der Waals surface area contributed by atoms with Gasteiger partial charge in [-0.25, -0.2) is 0 Å². The Kier molecular flexibility index (Phi) is 7.53. The summed E-state index contributed by atoms with van der Waals surface area (Å²) in [4.78, 5) is 34.7. The van der Waals surface area contributed by atoms with Crippen molar-refractivity contribution in [2.45, 2.75) is 20.4 Å². The number of carbonyl (C=O) groups excluding carboxylic acids is 2. The maximum atomic E-state index is 12.4. The van der Waals surface area contributed by atoms with Crippen molar-refractivity contribution in [1.82, 2.24) is 10.6 Å². The van der Waals surface area contributed by atoms with Crippen LogP contribution >= 0.6 is 0 Å². The van der Waals surface area contributed by atoms with Crippen molar-refractivity contribution < 1.29 is 24.0 Å². The third-order valence-electron chi connectivity index (χ3n) is 4.08. The van der Waals surface area contributed by atoms with E-state index in [-0.39, 0.29) is 30.3 Å². The largest absolute Gasteiger partial charge is 0.493 e. The van der Waals surface area contributed by atoms with Crippen LogP contribution in [0.1, 0.15) is 28.4 Å². The molecule has 0 saturated heterocycles. The van der Waals surface area contributed by atoms with E-state index < -0.39 is 10.8 Å². The van der Waals surface area contributed by atoms with E-state index in [9.17, 15) is 19.7 Å². The first-order chi connectivity index (χ1) is 13.9. The van der Waals surface area contributed by atoms with Crippen molar-refractivity contribution in [3.63, 3.8) is 0 Å². The Morgan fingerprint density at radius 2 is 1.90 bits per heavy atom. The van der Waals surface area contributed by atoms with Gasteiger partial charge in [-0.15, -0.1) is 0 Å². The summed E-state index contributed by atoms with van der Waals surface area (Å²) in [6.07, 6.45) is 0. The zero-order valence-electron chi connectivity index (χ0n) is 16.5. The Balaban J connectivity index is 2.08. The summed E-state index contributed by atoms with van der Waals surface area (Å²) in [6, 6.07) is 9.60. The maximum Gasteiger partial charge on any atom is 0.285 e. The number of methoxy groups -OCH3 is 1. The van der Waals surface area contributed by atoms with E-state index in [2.05, 4.69) is 10.6 Å². The first-order valence-corrected chi connectivity index (χ1v) is 8.96. The molecule has 0 aliphatic heterocycles. The molecule has 29 heavy (non-hydrogen) atoms. The van der Waals surface area contributed by atoms with Crippen LogP contribution in [0.3, 0.4) is 0 Å². The van der Waals surface area contributed by atoms with Crippen LogP contribution < -0.4 is 20.1 Å². The number of nitro groups is 1. The number of nitrogens with one attached hydrogen (secondary N) is 2. The van der Waals surface area contributed by atoms with Crippen LogP contribution in [0.25, 0.3) is 0 Å². The van der Waals surface area contributed by atoms with Gasteiger partial charge in [0.15, 0.2) is 18.1 Å². The standard InChI is InChI=1S/C20H23N3O6/c1-4-21-18(24)12-29-16-9-8-14(10-17(16)28-3)11-22-20(25)15-7-5-6-13(2)19(15)23(26)27/h5-10H,4,11-12H2,1-3H3,(H,21,24)(H,22,25). The molecule has 0 heterocycles. The van der Waals surface area contributed by atoms with Crippen LogP contribution in [-0.4, -0.2) is 37.0 Å². The predicted molar refractivity (Wildman–Crippen MR) is 106 cm³/mol. The lowest BCUT2D eigenvalue weighted by Gasteiger charge is -2.13. The third-order valence-corrected chi connectivity index (χ3v) is 4.08. The molecule has 0 aliphatic rings. The minimum atomic E-state index is -0.561. The molecule has 9 heteroatoms. The van der Waals surface area contributed by atoms with Gasteiger partial charge in [-0.05, 0) is 37.6 Å². The fourth-order valence-electron chi connectivity index (χ4n) is 2.69. The molecule has 2 rings (SSSR count). The van der Waals surface area contributed by atoms with Crippen LogP contribution in [0, 0.1) is 17.0 Å². The topological polar surface area (TPSA) is 120 Å². The lowest BCUT2D eigenvalue weighted by Crippen LogP contribution is -2.28. The highest BCUT2D eigenvalue weighted by Crippen LogP contribution is 2.28. The number of hydrogen-bond donors (Lipinski definition) is 2. The van der Waals surface area contributed by atoms with Crippen molar-refractivity contribution in [2.24, 2.45) is 0 Å². The van der Waals surface area contributed by atoms with Crippen LogP contribution in [0.2, 0.25) is 0 Å². The van der Waals surface area contributed by atoms with Gasteiger partial charge in [-0.2, -0.15) is 0 Å². The molecule has 2 amide bonds. The predicted octanol–water partition coefficient (Wildman–Crippen LogP) is 2.36. The third kappa shape index (κ3) is 5.68. The molecule has 2 aromatic carbocycles. The molecule has 154 valence electrons. The molecule has 9 nitrogen and oxygen atoms in total. The average molecular weight is 401 g/mol. The Labute approximate surface area is 168 Å². The first kappa shape index (κ1) is 21.7. The van der Waals surface area contributed by atoms with Gasteiger partial charge in [0.1, 0.15) is 5.56 Å². The molecular formula is C20H23N3O6. The molecule has 0 unspecified atom stereocenters. The average Bonchev–Trinajstić information content (AvgIpc) is 2.70. The van der Waals surface area contributed by atoms with Gasteiger partial charge in [-0.1, -0.05) is 18.2 Å². The number of nitro benzene ring substituents is 1. The van der Waals surface area contributed by atoms with Crippen molar-refractivity contribution >= 4 is 17.5 Å². The highest BCUT2D eigenvalue weighted by molar-refractivity contribution is 5.98. The second kappa shape index (κ2) is 10.1. The number of aryl methyl sites for hydroxylation is 1. The van der Waals surface area contributed by atoms with E-state index in [0.717, 1.165) is 0 Å². The van der Waals surface area contributed by atoms with E-state index in [0.29, 0.717) is 29.2 Å². The van der Waals surface area contributed by atoms with Crippen LogP contribution in [0.15, 0.2) is 36.4 Å². The number of hydrogen-bond acceptors (Lipinski definition) is 6. The summed E-state index contributed by atoms with van der Waals surface area (Å²) < 4.78 is 10.7. The van der Waals surface area contributed by atoms with Gasteiger partial charge in [-0.3, -0.25) is 19.7 Å². The molecule has 0 aromatic heterocycles. The van der Waals surface area contributed by atoms with E-state index in [1.54, 1.807) is 37.3 Å². The smallest absolute Gasteiger partial charge is 0.285 e. The van der Waals surface area contributed by atoms with Crippen LogP contribution in [-0.2, 0) is 11.3 Å². The summed E-state index contributed by atoms with van der Waals surface area (Å²) >= 11 is 0. The van der Waals surface area contributed by atoms with Crippen LogP contribution in [0.5, 0.6) is 11.5 Å². The summed E-state index contributed by atoms with van der Waals surface area (Å²) in [5.74, 6) is 0.00677. The molecule has 2 N–H and O–H groups in total. The number of rotatable bonds is 9. The van der Waals surface area contributed by atoms with Crippen molar-refractivity contribution in [1.29, 1.82) is 0 Å². The monoisotopic (exact) mass is 401 g/mol. The highest BCUT2D eigenvalue weighted by Gasteiger charge is 2.22. The molecule has 0 atom stereocenters. The van der Waals surface area contributed by atoms with Gasteiger partial charge in [0, 0.05) is 18.7 Å². The maximum absolute atomic E-state index is 12.4. The van der Waals surface area contributed by atoms with Crippen molar-refractivity contribution in [2.75, 3.05) is 20.3 Å². The number of benzene rings is 2. The lowest BCUT2D eigenvalue weighted by atomic mass is 10.1. The zero-order chi connectivity index (χ0) is 21.4.